The zero-order chi connectivity index (χ0) is 16.2. The van der Waals surface area contributed by atoms with E-state index in [0.717, 1.165) is 37.0 Å². The van der Waals surface area contributed by atoms with Crippen LogP contribution in [0.5, 0.6) is 11.8 Å². The molecule has 0 bridgehead atoms. The van der Waals surface area contributed by atoms with Gasteiger partial charge >= 0.3 is 5.97 Å². The van der Waals surface area contributed by atoms with Crippen molar-refractivity contribution in [3.63, 3.8) is 0 Å². The molecule has 4 N–H and O–H groups in total. The van der Waals surface area contributed by atoms with Crippen molar-refractivity contribution in [2.24, 2.45) is 5.73 Å². The van der Waals surface area contributed by atoms with Gasteiger partial charge in [-0.15, -0.1) is 4.73 Å². The summed E-state index contributed by atoms with van der Waals surface area (Å²) >= 11 is 0. The van der Waals surface area contributed by atoms with Crippen LogP contribution in [0, 0.1) is 0 Å². The molecule has 1 aromatic rings. The predicted molar refractivity (Wildman–Crippen MR) is 84.6 cm³/mol. The number of carbonyl (C=O) groups is 1. The van der Waals surface area contributed by atoms with Crippen LogP contribution in [0.1, 0.15) is 64.2 Å². The molecule has 0 atom stereocenters. The number of carbonyl (C=O) groups excluding carboxylic acids is 1. The standard InChI is InChI=1S/C16H28N2O4/c17-13-9-7-5-3-1-2-4-6-8-10-16(21)22-18-14(19)11-12-15(18)20/h11-12,19-20H,1-10,13,17H2. The fourth-order valence-electron chi connectivity index (χ4n) is 2.29. The Labute approximate surface area is 131 Å². The number of nitrogens with two attached hydrogens (primary N) is 1. The molecule has 0 aliphatic rings. The van der Waals surface area contributed by atoms with Crippen molar-refractivity contribution in [3.8, 4) is 11.8 Å². The Balaban J connectivity index is 1.97. The predicted octanol–water partition coefficient (Wildman–Crippen LogP) is 2.71. The third-order valence-electron chi connectivity index (χ3n) is 3.58. The summed E-state index contributed by atoms with van der Waals surface area (Å²) in [5.74, 6) is -1.04. The molecule has 0 fully saturated rings. The normalized spacial score (nSPS) is 10.8. The second-order valence-corrected chi connectivity index (χ2v) is 5.53. The maximum atomic E-state index is 11.6. The quantitative estimate of drug-likeness (QED) is 0.515. The first-order valence-corrected chi connectivity index (χ1v) is 8.16. The molecule has 6 nitrogen and oxygen atoms in total. The van der Waals surface area contributed by atoms with Crippen LogP contribution in [0.15, 0.2) is 12.1 Å². The van der Waals surface area contributed by atoms with Crippen LogP contribution in [0.4, 0.5) is 0 Å². The lowest BCUT2D eigenvalue weighted by atomic mass is 10.1. The molecule has 0 saturated carbocycles. The van der Waals surface area contributed by atoms with E-state index in [-0.39, 0.29) is 18.2 Å². The first-order chi connectivity index (χ1) is 10.6. The Morgan fingerprint density at radius 2 is 1.36 bits per heavy atom. The zero-order valence-electron chi connectivity index (χ0n) is 13.2. The molecular weight excluding hydrogens is 284 g/mol. The highest BCUT2D eigenvalue weighted by atomic mass is 16.7. The van der Waals surface area contributed by atoms with Crippen LogP contribution in [0.2, 0.25) is 0 Å². The maximum Gasteiger partial charge on any atom is 0.333 e. The van der Waals surface area contributed by atoms with Gasteiger partial charge in [0.05, 0.1) is 0 Å². The highest BCUT2D eigenvalue weighted by molar-refractivity contribution is 5.69. The van der Waals surface area contributed by atoms with Crippen LogP contribution in [-0.2, 0) is 4.79 Å². The molecule has 0 radical (unpaired) electrons. The van der Waals surface area contributed by atoms with Crippen molar-refractivity contribution in [2.45, 2.75) is 64.2 Å². The number of hydrogen-bond acceptors (Lipinski definition) is 5. The number of unbranched alkanes of at least 4 members (excludes halogenated alkanes) is 8. The first kappa shape index (κ1) is 18.4. The zero-order valence-corrected chi connectivity index (χ0v) is 13.2. The highest BCUT2D eigenvalue weighted by Crippen LogP contribution is 2.19. The monoisotopic (exact) mass is 312 g/mol. The van der Waals surface area contributed by atoms with E-state index in [9.17, 15) is 15.0 Å². The number of aromatic nitrogens is 1. The molecule has 0 spiro atoms. The van der Waals surface area contributed by atoms with Crippen LogP contribution < -0.4 is 10.6 Å². The van der Waals surface area contributed by atoms with Crippen LogP contribution in [0.25, 0.3) is 0 Å². The number of hydrogen-bond donors (Lipinski definition) is 3. The SMILES string of the molecule is NCCCCCCCCCCCC(=O)On1c(O)ccc1O. The van der Waals surface area contributed by atoms with Gasteiger partial charge in [0, 0.05) is 18.6 Å². The van der Waals surface area contributed by atoms with Gasteiger partial charge < -0.3 is 20.8 Å². The second-order valence-electron chi connectivity index (χ2n) is 5.53. The summed E-state index contributed by atoms with van der Waals surface area (Å²) < 4.78 is 0.726. The lowest BCUT2D eigenvalue weighted by Gasteiger charge is -2.06. The summed E-state index contributed by atoms with van der Waals surface area (Å²) in [5.41, 5.74) is 5.44. The Bertz CT molecular complexity index is 412. The van der Waals surface area contributed by atoms with Gasteiger partial charge in [-0.3, -0.25) is 0 Å². The summed E-state index contributed by atoms with van der Waals surface area (Å²) in [5, 5.41) is 18.7. The Kier molecular flexibility index (Phi) is 9.14. The average molecular weight is 312 g/mol. The van der Waals surface area contributed by atoms with Crippen LogP contribution in [0.3, 0.4) is 0 Å². The van der Waals surface area contributed by atoms with Crippen molar-refractivity contribution >= 4 is 5.97 Å². The van der Waals surface area contributed by atoms with Gasteiger partial charge in [-0.2, -0.15) is 0 Å². The smallest absolute Gasteiger partial charge is 0.333 e. The number of nitrogens with zero attached hydrogens (tertiary/aromatic N) is 1. The lowest BCUT2D eigenvalue weighted by molar-refractivity contribution is -0.145. The van der Waals surface area contributed by atoms with Gasteiger partial charge in [-0.05, 0) is 19.4 Å². The first-order valence-electron chi connectivity index (χ1n) is 8.16. The van der Waals surface area contributed by atoms with Crippen LogP contribution in [-0.4, -0.2) is 27.5 Å². The molecule has 0 saturated heterocycles. The van der Waals surface area contributed by atoms with E-state index in [2.05, 4.69) is 0 Å². The van der Waals surface area contributed by atoms with Crippen molar-refractivity contribution in [1.29, 1.82) is 0 Å². The van der Waals surface area contributed by atoms with Gasteiger partial charge in [0.15, 0.2) is 0 Å². The van der Waals surface area contributed by atoms with Crippen molar-refractivity contribution < 1.29 is 19.8 Å². The molecule has 22 heavy (non-hydrogen) atoms. The highest BCUT2D eigenvalue weighted by Gasteiger charge is 2.11. The molecule has 126 valence electrons. The molecule has 1 heterocycles. The van der Waals surface area contributed by atoms with Crippen molar-refractivity contribution in [1.82, 2.24) is 4.73 Å². The van der Waals surface area contributed by atoms with Crippen molar-refractivity contribution in [3.05, 3.63) is 12.1 Å². The molecule has 0 amide bonds. The Hall–Kier alpha value is -1.69. The van der Waals surface area contributed by atoms with E-state index in [0.29, 0.717) is 0 Å². The molecule has 6 heteroatoms. The number of rotatable bonds is 12. The molecule has 1 rings (SSSR count). The maximum absolute atomic E-state index is 11.6. The van der Waals surface area contributed by atoms with E-state index in [1.807, 2.05) is 0 Å². The molecule has 0 aliphatic heterocycles. The molecular formula is C16H28N2O4. The summed E-state index contributed by atoms with van der Waals surface area (Å²) in [6.45, 7) is 0.786. The summed E-state index contributed by atoms with van der Waals surface area (Å²) in [7, 11) is 0. The summed E-state index contributed by atoms with van der Waals surface area (Å²) in [6, 6.07) is 2.52. The summed E-state index contributed by atoms with van der Waals surface area (Å²) in [4.78, 5) is 16.4. The van der Waals surface area contributed by atoms with Gasteiger partial charge in [-0.25, -0.2) is 4.79 Å². The Morgan fingerprint density at radius 1 is 0.909 bits per heavy atom. The van der Waals surface area contributed by atoms with Gasteiger partial charge in [-0.1, -0.05) is 44.9 Å². The topological polar surface area (TPSA) is 97.7 Å². The van der Waals surface area contributed by atoms with E-state index in [1.165, 1.54) is 44.2 Å². The van der Waals surface area contributed by atoms with Crippen LogP contribution >= 0.6 is 0 Å². The Morgan fingerprint density at radius 3 is 1.86 bits per heavy atom. The van der Waals surface area contributed by atoms with E-state index in [1.54, 1.807) is 0 Å². The van der Waals surface area contributed by atoms with Crippen molar-refractivity contribution in [2.75, 3.05) is 6.54 Å². The minimum atomic E-state index is -0.455. The average Bonchev–Trinajstić information content (AvgIpc) is 2.81. The second kappa shape index (κ2) is 11.0. The fourth-order valence-corrected chi connectivity index (χ4v) is 2.29. The lowest BCUT2D eigenvalue weighted by Crippen LogP contribution is -2.18. The minimum Gasteiger partial charge on any atom is -0.492 e. The van der Waals surface area contributed by atoms with E-state index in [4.69, 9.17) is 10.6 Å². The van der Waals surface area contributed by atoms with E-state index < -0.39 is 5.97 Å². The van der Waals surface area contributed by atoms with E-state index >= 15 is 0 Å². The molecule has 0 unspecified atom stereocenters. The fraction of sp³-hybridized carbons (Fsp3) is 0.688. The third-order valence-corrected chi connectivity index (χ3v) is 3.58. The largest absolute Gasteiger partial charge is 0.492 e. The van der Waals surface area contributed by atoms with Gasteiger partial charge in [0.2, 0.25) is 11.8 Å². The molecule has 0 aromatic carbocycles. The summed E-state index contributed by atoms with van der Waals surface area (Å²) in [6.07, 6.45) is 10.4. The number of aromatic hydroxyl groups is 2. The minimum absolute atomic E-state index is 0.285. The third kappa shape index (κ3) is 7.36. The molecule has 0 aliphatic carbocycles. The van der Waals surface area contributed by atoms with Gasteiger partial charge in [0.25, 0.3) is 0 Å². The van der Waals surface area contributed by atoms with Gasteiger partial charge in [0.1, 0.15) is 0 Å². The molecule has 1 aromatic heterocycles.